The summed E-state index contributed by atoms with van der Waals surface area (Å²) < 4.78 is 11.8. The Kier molecular flexibility index (Phi) is 5.62. The number of carbonyl (C=O) groups excluding carboxylic acids is 1. The number of rotatable bonds is 6. The minimum atomic E-state index is -0.259. The molecule has 1 fully saturated rings. The van der Waals surface area contributed by atoms with Gasteiger partial charge in [0.25, 0.3) is 5.91 Å². The van der Waals surface area contributed by atoms with Crippen molar-refractivity contribution in [1.29, 1.82) is 0 Å². The maximum Gasteiger partial charge on any atom is 0.262 e. The molecular weight excluding hydrogens is 416 g/mol. The molecular formula is C26H28N4O3. The molecule has 170 valence electrons. The highest BCUT2D eigenvalue weighted by Crippen LogP contribution is 2.41. The van der Waals surface area contributed by atoms with Crippen molar-refractivity contribution < 1.29 is 14.3 Å². The number of nitrogens with zero attached hydrogens (tertiary/aromatic N) is 3. The van der Waals surface area contributed by atoms with Crippen LogP contribution in [0.15, 0.2) is 54.6 Å². The monoisotopic (exact) mass is 444 g/mol. The van der Waals surface area contributed by atoms with Crippen molar-refractivity contribution in [2.75, 3.05) is 29.9 Å². The molecule has 0 radical (unpaired) electrons. The Morgan fingerprint density at radius 2 is 1.85 bits per heavy atom. The topological polar surface area (TPSA) is 76.6 Å². The first-order valence-electron chi connectivity index (χ1n) is 11.4. The van der Waals surface area contributed by atoms with E-state index < -0.39 is 0 Å². The lowest BCUT2D eigenvalue weighted by Gasteiger charge is -2.18. The molecule has 2 aliphatic heterocycles. The Hall–Kier alpha value is -3.61. The lowest BCUT2D eigenvalue weighted by molar-refractivity contribution is -0.118. The van der Waals surface area contributed by atoms with E-state index in [1.54, 1.807) is 0 Å². The van der Waals surface area contributed by atoms with Crippen molar-refractivity contribution in [3.63, 3.8) is 0 Å². The lowest BCUT2D eigenvalue weighted by atomic mass is 10.0. The molecule has 0 spiro atoms. The van der Waals surface area contributed by atoms with Crippen molar-refractivity contribution in [2.45, 2.75) is 38.7 Å². The molecule has 7 nitrogen and oxygen atoms in total. The number of ether oxygens (including phenoxy) is 2. The van der Waals surface area contributed by atoms with Crippen LogP contribution in [0.1, 0.15) is 32.3 Å². The zero-order chi connectivity index (χ0) is 22.8. The fraction of sp³-hybridized carbons (Fsp3) is 0.346. The molecule has 0 bridgehead atoms. The van der Waals surface area contributed by atoms with E-state index in [9.17, 15) is 4.79 Å². The third-order valence-corrected chi connectivity index (χ3v) is 5.96. The molecule has 1 saturated heterocycles. The minimum Gasteiger partial charge on any atom is -0.483 e. The molecule has 1 N–H and O–H groups in total. The van der Waals surface area contributed by atoms with Crippen LogP contribution in [0.5, 0.6) is 11.5 Å². The highest BCUT2D eigenvalue weighted by molar-refractivity contribution is 5.92. The summed E-state index contributed by atoms with van der Waals surface area (Å²) in [6.07, 6.45) is 3.24. The van der Waals surface area contributed by atoms with Crippen LogP contribution < -0.4 is 19.7 Å². The number of aromatic nitrogens is 2. The van der Waals surface area contributed by atoms with Gasteiger partial charge in [0.2, 0.25) is 0 Å². The molecule has 5 rings (SSSR count). The van der Waals surface area contributed by atoms with Gasteiger partial charge in [-0.2, -0.15) is 0 Å². The fourth-order valence-electron chi connectivity index (χ4n) is 4.36. The molecule has 2 aliphatic rings. The standard InChI is InChI=1S/C26H28N4O3/c1-26(2)16-19-6-5-7-22(25(19)33-26)32-17-24(31)27-20-10-8-18(9-11-20)21-12-13-23(29-28-21)30-14-3-4-15-30/h5-13H,3-4,14-17H2,1-2H3,(H,27,31). The van der Waals surface area contributed by atoms with Gasteiger partial charge in [0, 0.05) is 36.3 Å². The minimum absolute atomic E-state index is 0.0918. The van der Waals surface area contributed by atoms with Gasteiger partial charge in [0.05, 0.1) is 5.69 Å². The number of amides is 1. The van der Waals surface area contributed by atoms with Crippen LogP contribution in [0.4, 0.5) is 11.5 Å². The third-order valence-electron chi connectivity index (χ3n) is 5.96. The number of benzene rings is 2. The number of carbonyl (C=O) groups is 1. The Morgan fingerprint density at radius 1 is 1.06 bits per heavy atom. The maximum atomic E-state index is 12.4. The molecule has 0 atom stereocenters. The molecule has 7 heteroatoms. The van der Waals surface area contributed by atoms with Gasteiger partial charge >= 0.3 is 0 Å². The predicted molar refractivity (Wildman–Crippen MR) is 128 cm³/mol. The summed E-state index contributed by atoms with van der Waals surface area (Å²) in [5.41, 5.74) is 3.30. The van der Waals surface area contributed by atoms with E-state index in [0.29, 0.717) is 11.4 Å². The highest BCUT2D eigenvalue weighted by atomic mass is 16.5. The summed E-state index contributed by atoms with van der Waals surface area (Å²) in [6, 6.07) is 17.4. The Balaban J connectivity index is 1.17. The van der Waals surface area contributed by atoms with Crippen molar-refractivity contribution in [3.8, 4) is 22.8 Å². The van der Waals surface area contributed by atoms with E-state index in [2.05, 4.69) is 20.4 Å². The number of nitrogens with one attached hydrogen (secondary N) is 1. The Labute approximate surface area is 193 Å². The van der Waals surface area contributed by atoms with Crippen molar-refractivity contribution >= 4 is 17.4 Å². The van der Waals surface area contributed by atoms with E-state index in [1.165, 1.54) is 12.8 Å². The molecule has 33 heavy (non-hydrogen) atoms. The van der Waals surface area contributed by atoms with E-state index in [-0.39, 0.29) is 18.1 Å². The van der Waals surface area contributed by atoms with E-state index in [0.717, 1.165) is 47.9 Å². The van der Waals surface area contributed by atoms with Crippen LogP contribution >= 0.6 is 0 Å². The molecule has 0 aliphatic carbocycles. The quantitative estimate of drug-likeness (QED) is 0.604. The smallest absolute Gasteiger partial charge is 0.262 e. The summed E-state index contributed by atoms with van der Waals surface area (Å²) in [5.74, 6) is 2.03. The number of hydrogen-bond donors (Lipinski definition) is 1. The van der Waals surface area contributed by atoms with Crippen LogP contribution in [0.2, 0.25) is 0 Å². The Morgan fingerprint density at radius 3 is 2.58 bits per heavy atom. The van der Waals surface area contributed by atoms with Crippen molar-refractivity contribution in [1.82, 2.24) is 10.2 Å². The third kappa shape index (κ3) is 4.77. The van der Waals surface area contributed by atoms with Gasteiger partial charge in [-0.15, -0.1) is 10.2 Å². The van der Waals surface area contributed by atoms with E-state index >= 15 is 0 Å². The zero-order valence-electron chi connectivity index (χ0n) is 19.0. The number of hydrogen-bond acceptors (Lipinski definition) is 6. The molecule has 3 aromatic rings. The number of anilines is 2. The van der Waals surface area contributed by atoms with Gasteiger partial charge < -0.3 is 19.7 Å². The first-order chi connectivity index (χ1) is 16.0. The molecule has 1 amide bonds. The fourth-order valence-corrected chi connectivity index (χ4v) is 4.36. The second-order valence-electron chi connectivity index (χ2n) is 9.17. The summed E-state index contributed by atoms with van der Waals surface area (Å²) in [6.45, 7) is 6.08. The molecule has 0 saturated carbocycles. The van der Waals surface area contributed by atoms with Crippen LogP contribution in [0, 0.1) is 0 Å². The number of para-hydroxylation sites is 1. The van der Waals surface area contributed by atoms with Crippen LogP contribution in [0.3, 0.4) is 0 Å². The van der Waals surface area contributed by atoms with E-state index in [4.69, 9.17) is 9.47 Å². The molecule has 0 unspecified atom stereocenters. The average Bonchev–Trinajstić information content (AvgIpc) is 3.45. The van der Waals surface area contributed by atoms with Gasteiger partial charge in [-0.05, 0) is 57.0 Å². The molecule has 1 aromatic heterocycles. The van der Waals surface area contributed by atoms with Crippen molar-refractivity contribution in [2.24, 2.45) is 0 Å². The second-order valence-corrected chi connectivity index (χ2v) is 9.17. The highest BCUT2D eigenvalue weighted by Gasteiger charge is 2.32. The van der Waals surface area contributed by atoms with E-state index in [1.807, 2.05) is 68.4 Å². The summed E-state index contributed by atoms with van der Waals surface area (Å²) in [5, 5.41) is 11.6. The van der Waals surface area contributed by atoms with Gasteiger partial charge in [0.1, 0.15) is 5.60 Å². The molecule has 2 aromatic carbocycles. The zero-order valence-corrected chi connectivity index (χ0v) is 19.0. The average molecular weight is 445 g/mol. The predicted octanol–water partition coefficient (Wildman–Crippen LogP) is 4.47. The second kappa shape index (κ2) is 8.73. The normalized spacial score (nSPS) is 16.2. The largest absolute Gasteiger partial charge is 0.483 e. The SMILES string of the molecule is CC1(C)Cc2cccc(OCC(=O)Nc3ccc(-c4ccc(N5CCCC5)nn4)cc3)c2O1. The van der Waals surface area contributed by atoms with Gasteiger partial charge in [-0.25, -0.2) is 0 Å². The summed E-state index contributed by atoms with van der Waals surface area (Å²) in [7, 11) is 0. The Bertz CT molecular complexity index is 1140. The first kappa shape index (κ1) is 21.2. The van der Waals surface area contributed by atoms with Crippen LogP contribution in [-0.4, -0.2) is 41.4 Å². The first-order valence-corrected chi connectivity index (χ1v) is 11.4. The van der Waals surface area contributed by atoms with Gasteiger partial charge in [-0.1, -0.05) is 24.3 Å². The lowest BCUT2D eigenvalue weighted by Crippen LogP contribution is -2.25. The van der Waals surface area contributed by atoms with Gasteiger partial charge in [0.15, 0.2) is 23.9 Å². The van der Waals surface area contributed by atoms with Crippen molar-refractivity contribution in [3.05, 3.63) is 60.2 Å². The number of fused-ring (bicyclic) bond motifs is 1. The van der Waals surface area contributed by atoms with Crippen LogP contribution in [-0.2, 0) is 11.2 Å². The summed E-state index contributed by atoms with van der Waals surface area (Å²) in [4.78, 5) is 14.7. The van der Waals surface area contributed by atoms with Gasteiger partial charge in [-0.3, -0.25) is 4.79 Å². The molecule has 3 heterocycles. The maximum absolute atomic E-state index is 12.4. The summed E-state index contributed by atoms with van der Waals surface area (Å²) >= 11 is 0. The van der Waals surface area contributed by atoms with Crippen LogP contribution in [0.25, 0.3) is 11.3 Å².